The van der Waals surface area contributed by atoms with E-state index in [2.05, 4.69) is 4.98 Å². The number of aromatic nitrogens is 1. The summed E-state index contributed by atoms with van der Waals surface area (Å²) in [5.74, 6) is -1.55. The van der Waals surface area contributed by atoms with E-state index in [1.54, 1.807) is 24.5 Å². The first kappa shape index (κ1) is 11.3. The molecular weight excluding hydrogens is 226 g/mol. The first-order valence-electron chi connectivity index (χ1n) is 4.93. The lowest BCUT2D eigenvalue weighted by atomic mass is 10.2. The molecule has 2 N–H and O–H groups in total. The van der Waals surface area contributed by atoms with Crippen LogP contribution in [0.15, 0.2) is 36.7 Å². The maximum absolute atomic E-state index is 13.3. The van der Waals surface area contributed by atoms with E-state index in [1.165, 1.54) is 0 Å². The van der Waals surface area contributed by atoms with Crippen LogP contribution < -0.4 is 10.5 Å². The number of ether oxygens (including phenoxy) is 1. The maximum Gasteiger partial charge on any atom is 0.167 e. The molecule has 0 bridgehead atoms. The zero-order chi connectivity index (χ0) is 12.3. The topological polar surface area (TPSA) is 48.1 Å². The van der Waals surface area contributed by atoms with Crippen LogP contribution in [0, 0.1) is 11.6 Å². The Morgan fingerprint density at radius 2 is 2.06 bits per heavy atom. The minimum Gasteiger partial charge on any atom is -0.486 e. The van der Waals surface area contributed by atoms with E-state index in [9.17, 15) is 8.78 Å². The Balaban J connectivity index is 2.12. The van der Waals surface area contributed by atoms with E-state index < -0.39 is 11.6 Å². The molecule has 17 heavy (non-hydrogen) atoms. The fourth-order valence-electron chi connectivity index (χ4n) is 1.30. The smallest absolute Gasteiger partial charge is 0.167 e. The molecule has 0 aliphatic heterocycles. The van der Waals surface area contributed by atoms with Gasteiger partial charge in [0, 0.05) is 30.1 Å². The molecule has 1 aromatic carbocycles. The van der Waals surface area contributed by atoms with E-state index >= 15 is 0 Å². The predicted molar refractivity (Wildman–Crippen MR) is 59.3 cm³/mol. The molecule has 3 nitrogen and oxygen atoms in total. The Bertz CT molecular complexity index is 517. The van der Waals surface area contributed by atoms with Crippen LogP contribution in [0.1, 0.15) is 5.56 Å². The van der Waals surface area contributed by atoms with E-state index in [0.717, 1.165) is 17.7 Å². The van der Waals surface area contributed by atoms with E-state index in [-0.39, 0.29) is 18.0 Å². The molecule has 1 heterocycles. The van der Waals surface area contributed by atoms with Crippen molar-refractivity contribution in [3.05, 3.63) is 53.9 Å². The molecule has 0 saturated carbocycles. The minimum atomic E-state index is -0.701. The molecule has 2 aromatic rings. The Morgan fingerprint density at radius 1 is 1.24 bits per heavy atom. The molecule has 2 rings (SSSR count). The highest BCUT2D eigenvalue weighted by Gasteiger charge is 2.09. The summed E-state index contributed by atoms with van der Waals surface area (Å²) in [5, 5.41) is 0. The molecule has 0 fully saturated rings. The number of hydrogen-bond donors (Lipinski definition) is 1. The van der Waals surface area contributed by atoms with Gasteiger partial charge in [0.15, 0.2) is 11.6 Å². The number of benzene rings is 1. The van der Waals surface area contributed by atoms with Crippen LogP contribution in [0.25, 0.3) is 0 Å². The van der Waals surface area contributed by atoms with Crippen LogP contribution in [0.3, 0.4) is 0 Å². The summed E-state index contributed by atoms with van der Waals surface area (Å²) >= 11 is 0. The van der Waals surface area contributed by atoms with Crippen LogP contribution >= 0.6 is 0 Å². The van der Waals surface area contributed by atoms with Crippen molar-refractivity contribution in [1.29, 1.82) is 0 Å². The average molecular weight is 236 g/mol. The molecule has 0 amide bonds. The number of nitrogens with two attached hydrogens (primary N) is 1. The first-order valence-corrected chi connectivity index (χ1v) is 4.93. The Labute approximate surface area is 96.9 Å². The van der Waals surface area contributed by atoms with Crippen LogP contribution in [0.5, 0.6) is 5.75 Å². The molecule has 0 spiro atoms. The molecule has 5 heteroatoms. The predicted octanol–water partition coefficient (Wildman–Crippen LogP) is 2.52. The van der Waals surface area contributed by atoms with Crippen LogP contribution in [-0.2, 0) is 6.61 Å². The quantitative estimate of drug-likeness (QED) is 0.833. The number of nitrogen functional groups attached to an aromatic ring is 1. The van der Waals surface area contributed by atoms with Gasteiger partial charge in [-0.25, -0.2) is 8.78 Å². The third kappa shape index (κ3) is 2.69. The normalized spacial score (nSPS) is 10.2. The summed E-state index contributed by atoms with van der Waals surface area (Å²) in [6, 6.07) is 5.34. The molecule has 0 radical (unpaired) electrons. The van der Waals surface area contributed by atoms with Crippen LogP contribution in [-0.4, -0.2) is 4.98 Å². The van der Waals surface area contributed by atoms with Gasteiger partial charge in [-0.05, 0) is 6.07 Å². The summed E-state index contributed by atoms with van der Waals surface area (Å²) < 4.78 is 31.6. The lowest BCUT2D eigenvalue weighted by Gasteiger charge is -2.08. The van der Waals surface area contributed by atoms with Crippen LogP contribution in [0.4, 0.5) is 14.5 Å². The van der Waals surface area contributed by atoms with Gasteiger partial charge in [-0.2, -0.15) is 0 Å². The number of halogens is 2. The van der Waals surface area contributed by atoms with E-state index in [0.29, 0.717) is 0 Å². The van der Waals surface area contributed by atoms with Gasteiger partial charge in [-0.3, -0.25) is 4.98 Å². The standard InChI is InChI=1S/C12H10F2N2O/c13-9-5-12(10(14)4-11(9)15)17-7-8-2-1-3-16-6-8/h1-6H,7,15H2. The molecule has 0 unspecified atom stereocenters. The van der Waals surface area contributed by atoms with Gasteiger partial charge in [0.2, 0.25) is 0 Å². The summed E-state index contributed by atoms with van der Waals surface area (Å²) in [5.41, 5.74) is 5.74. The SMILES string of the molecule is Nc1cc(F)c(OCc2cccnc2)cc1F. The molecule has 0 aliphatic carbocycles. The van der Waals surface area contributed by atoms with Crippen molar-refractivity contribution in [2.75, 3.05) is 5.73 Å². The second-order valence-corrected chi connectivity index (χ2v) is 3.45. The monoisotopic (exact) mass is 236 g/mol. The zero-order valence-electron chi connectivity index (χ0n) is 8.86. The third-order valence-corrected chi connectivity index (χ3v) is 2.17. The zero-order valence-corrected chi connectivity index (χ0v) is 8.86. The molecular formula is C12H10F2N2O. The summed E-state index contributed by atoms with van der Waals surface area (Å²) in [6.07, 6.45) is 3.21. The molecule has 0 atom stereocenters. The van der Waals surface area contributed by atoms with Crippen molar-refractivity contribution < 1.29 is 13.5 Å². The van der Waals surface area contributed by atoms with Gasteiger partial charge in [0.25, 0.3) is 0 Å². The Kier molecular flexibility index (Phi) is 3.18. The second kappa shape index (κ2) is 4.78. The number of anilines is 1. The van der Waals surface area contributed by atoms with Crippen molar-refractivity contribution >= 4 is 5.69 Å². The minimum absolute atomic E-state index is 0.119. The Morgan fingerprint density at radius 3 is 2.76 bits per heavy atom. The fraction of sp³-hybridized carbons (Fsp3) is 0.0833. The molecule has 0 saturated heterocycles. The highest BCUT2D eigenvalue weighted by molar-refractivity contribution is 5.44. The number of rotatable bonds is 3. The van der Waals surface area contributed by atoms with Gasteiger partial charge in [0.05, 0.1) is 5.69 Å². The maximum atomic E-state index is 13.3. The summed E-state index contributed by atoms with van der Waals surface area (Å²) in [4.78, 5) is 3.88. The number of nitrogens with zero attached hydrogens (tertiary/aromatic N) is 1. The molecule has 1 aromatic heterocycles. The highest BCUT2D eigenvalue weighted by Crippen LogP contribution is 2.23. The van der Waals surface area contributed by atoms with Gasteiger partial charge in [0.1, 0.15) is 12.4 Å². The van der Waals surface area contributed by atoms with E-state index in [1.807, 2.05) is 0 Å². The summed E-state index contributed by atoms with van der Waals surface area (Å²) in [7, 11) is 0. The average Bonchev–Trinajstić information content (AvgIpc) is 2.33. The largest absolute Gasteiger partial charge is 0.486 e. The molecule has 0 aliphatic rings. The van der Waals surface area contributed by atoms with Gasteiger partial charge in [-0.15, -0.1) is 0 Å². The lowest BCUT2D eigenvalue weighted by molar-refractivity contribution is 0.288. The second-order valence-electron chi connectivity index (χ2n) is 3.45. The van der Waals surface area contributed by atoms with Crippen molar-refractivity contribution in [1.82, 2.24) is 4.98 Å². The highest BCUT2D eigenvalue weighted by atomic mass is 19.1. The lowest BCUT2D eigenvalue weighted by Crippen LogP contribution is -2.00. The van der Waals surface area contributed by atoms with Gasteiger partial charge < -0.3 is 10.5 Å². The van der Waals surface area contributed by atoms with E-state index in [4.69, 9.17) is 10.5 Å². The van der Waals surface area contributed by atoms with Crippen LogP contribution in [0.2, 0.25) is 0 Å². The fourth-order valence-corrected chi connectivity index (χ4v) is 1.30. The number of pyridine rings is 1. The number of hydrogen-bond acceptors (Lipinski definition) is 3. The van der Waals surface area contributed by atoms with Crippen molar-refractivity contribution in [3.8, 4) is 5.75 Å². The van der Waals surface area contributed by atoms with Gasteiger partial charge in [-0.1, -0.05) is 6.07 Å². The summed E-state index contributed by atoms with van der Waals surface area (Å²) in [6.45, 7) is 0.119. The van der Waals surface area contributed by atoms with Gasteiger partial charge >= 0.3 is 0 Å². The van der Waals surface area contributed by atoms with Crippen molar-refractivity contribution in [3.63, 3.8) is 0 Å². The Hall–Kier alpha value is -2.17. The molecule has 88 valence electrons. The van der Waals surface area contributed by atoms with Crippen molar-refractivity contribution in [2.24, 2.45) is 0 Å². The first-order chi connectivity index (χ1) is 8.16. The third-order valence-electron chi connectivity index (χ3n) is 2.17. The van der Waals surface area contributed by atoms with Crippen molar-refractivity contribution in [2.45, 2.75) is 6.61 Å².